The van der Waals surface area contributed by atoms with E-state index in [9.17, 15) is 14.7 Å². The first-order valence-corrected chi connectivity index (χ1v) is 7.78. The van der Waals surface area contributed by atoms with E-state index in [1.807, 2.05) is 17.5 Å². The summed E-state index contributed by atoms with van der Waals surface area (Å²) in [6.45, 7) is 1.55. The number of nitrogens with one attached hydrogen (secondary N) is 1. The number of ether oxygens (including phenoxy) is 1. The Balaban J connectivity index is 2.05. The van der Waals surface area contributed by atoms with Crippen molar-refractivity contribution < 1.29 is 19.4 Å². The molecule has 0 saturated heterocycles. The molecular weight excluding hydrogens is 312 g/mol. The monoisotopic (exact) mass is 326 g/mol. The number of thiophene rings is 1. The molecule has 21 heavy (non-hydrogen) atoms. The van der Waals surface area contributed by atoms with Gasteiger partial charge in [-0.1, -0.05) is 6.07 Å². The summed E-state index contributed by atoms with van der Waals surface area (Å²) in [6, 6.07) is 3.86. The van der Waals surface area contributed by atoms with Crippen molar-refractivity contribution in [2.75, 3.05) is 13.7 Å². The summed E-state index contributed by atoms with van der Waals surface area (Å²) >= 11 is 2.83. The molecule has 2 N–H and O–H groups in total. The van der Waals surface area contributed by atoms with E-state index in [0.29, 0.717) is 10.6 Å². The summed E-state index contributed by atoms with van der Waals surface area (Å²) in [4.78, 5) is 29.0. The first-order valence-electron chi connectivity index (χ1n) is 6.08. The number of rotatable bonds is 5. The highest BCUT2D eigenvalue weighted by Crippen LogP contribution is 2.30. The predicted octanol–water partition coefficient (Wildman–Crippen LogP) is 1.44. The van der Waals surface area contributed by atoms with Gasteiger partial charge in [0, 0.05) is 0 Å². The number of aliphatic hydroxyl groups is 1. The zero-order valence-electron chi connectivity index (χ0n) is 11.5. The molecule has 0 bridgehead atoms. The number of methoxy groups -OCH3 is 1. The van der Waals surface area contributed by atoms with E-state index < -0.39 is 12.1 Å². The van der Waals surface area contributed by atoms with Gasteiger partial charge in [-0.3, -0.25) is 4.79 Å². The molecule has 2 heterocycles. The van der Waals surface area contributed by atoms with E-state index in [1.165, 1.54) is 18.4 Å². The number of aryl methyl sites for hydroxylation is 1. The Kier molecular flexibility index (Phi) is 5.05. The molecule has 112 valence electrons. The van der Waals surface area contributed by atoms with Gasteiger partial charge >= 0.3 is 5.97 Å². The van der Waals surface area contributed by atoms with Gasteiger partial charge in [0.1, 0.15) is 9.88 Å². The van der Waals surface area contributed by atoms with Gasteiger partial charge in [-0.25, -0.2) is 9.78 Å². The molecule has 1 atom stereocenters. The molecule has 0 saturated carbocycles. The Morgan fingerprint density at radius 2 is 2.29 bits per heavy atom. The zero-order valence-corrected chi connectivity index (χ0v) is 13.1. The molecule has 2 aromatic heterocycles. The Morgan fingerprint density at radius 3 is 2.90 bits per heavy atom. The van der Waals surface area contributed by atoms with Crippen molar-refractivity contribution in [3.8, 4) is 9.88 Å². The number of carbonyl (C=O) groups is 2. The van der Waals surface area contributed by atoms with Gasteiger partial charge in [-0.2, -0.15) is 0 Å². The number of aromatic nitrogens is 1. The van der Waals surface area contributed by atoms with Crippen LogP contribution in [0.1, 0.15) is 15.4 Å². The summed E-state index contributed by atoms with van der Waals surface area (Å²) in [5.74, 6) is -1.15. The lowest BCUT2D eigenvalue weighted by Gasteiger charge is -2.08. The molecule has 0 aliphatic rings. The third kappa shape index (κ3) is 3.66. The van der Waals surface area contributed by atoms with E-state index in [2.05, 4.69) is 15.0 Å². The molecule has 1 amide bonds. The zero-order chi connectivity index (χ0) is 15.4. The van der Waals surface area contributed by atoms with Crippen LogP contribution in [-0.4, -0.2) is 41.7 Å². The maximum absolute atomic E-state index is 12.1. The maximum Gasteiger partial charge on any atom is 0.336 e. The van der Waals surface area contributed by atoms with Crippen molar-refractivity contribution in [2.24, 2.45) is 0 Å². The maximum atomic E-state index is 12.1. The molecule has 8 heteroatoms. The van der Waals surface area contributed by atoms with Crippen LogP contribution in [0, 0.1) is 6.92 Å². The lowest BCUT2D eigenvalue weighted by Crippen LogP contribution is -2.37. The van der Waals surface area contributed by atoms with Crippen LogP contribution >= 0.6 is 22.7 Å². The van der Waals surface area contributed by atoms with Crippen molar-refractivity contribution in [1.82, 2.24) is 10.3 Å². The fourth-order valence-corrected chi connectivity index (χ4v) is 3.38. The molecule has 0 spiro atoms. The third-order valence-electron chi connectivity index (χ3n) is 2.66. The van der Waals surface area contributed by atoms with Gasteiger partial charge in [0.05, 0.1) is 24.2 Å². The van der Waals surface area contributed by atoms with Gasteiger partial charge < -0.3 is 15.2 Å². The van der Waals surface area contributed by atoms with Crippen LogP contribution < -0.4 is 5.32 Å². The molecular formula is C13H14N2O4S2. The number of amides is 1. The fraction of sp³-hybridized carbons (Fsp3) is 0.308. The lowest BCUT2D eigenvalue weighted by atomic mass is 10.3. The van der Waals surface area contributed by atoms with Gasteiger partial charge in [0.2, 0.25) is 0 Å². The second-order valence-corrected chi connectivity index (χ2v) is 6.11. The molecule has 1 unspecified atom stereocenters. The number of hydrogen-bond acceptors (Lipinski definition) is 7. The minimum atomic E-state index is -1.37. The SMILES string of the molecule is COC(=O)C(O)CNC(=O)c1sc(-c2cccs2)nc1C. The number of nitrogens with zero attached hydrogens (tertiary/aromatic N) is 1. The largest absolute Gasteiger partial charge is 0.467 e. The van der Waals surface area contributed by atoms with Crippen molar-refractivity contribution in [2.45, 2.75) is 13.0 Å². The van der Waals surface area contributed by atoms with Gasteiger partial charge in [-0.05, 0) is 18.4 Å². The van der Waals surface area contributed by atoms with Crippen LogP contribution in [0.5, 0.6) is 0 Å². The van der Waals surface area contributed by atoms with E-state index in [-0.39, 0.29) is 12.5 Å². The van der Waals surface area contributed by atoms with E-state index in [4.69, 9.17) is 0 Å². The molecule has 0 aliphatic heterocycles. The smallest absolute Gasteiger partial charge is 0.336 e. The van der Waals surface area contributed by atoms with Crippen molar-refractivity contribution in [3.63, 3.8) is 0 Å². The van der Waals surface area contributed by atoms with Crippen LogP contribution in [0.3, 0.4) is 0 Å². The molecule has 0 fully saturated rings. The molecule has 0 aromatic carbocycles. The van der Waals surface area contributed by atoms with Crippen molar-refractivity contribution in [3.05, 3.63) is 28.1 Å². The first-order chi connectivity index (χ1) is 10.0. The quantitative estimate of drug-likeness (QED) is 0.812. The third-order valence-corrected chi connectivity index (χ3v) is 4.86. The number of esters is 1. The Labute approximate surface area is 129 Å². The average Bonchev–Trinajstić information content (AvgIpc) is 3.12. The minimum absolute atomic E-state index is 0.197. The standard InChI is InChI=1S/C13H14N2O4S2/c1-7-10(11(17)14-6-8(16)13(18)19-2)21-12(15-7)9-4-3-5-20-9/h3-5,8,16H,6H2,1-2H3,(H,14,17). The van der Waals surface area contributed by atoms with Gasteiger partial charge in [0.15, 0.2) is 6.10 Å². The van der Waals surface area contributed by atoms with E-state index >= 15 is 0 Å². The number of aliphatic hydroxyl groups excluding tert-OH is 1. The highest BCUT2D eigenvalue weighted by Gasteiger charge is 2.20. The van der Waals surface area contributed by atoms with Crippen LogP contribution in [0.25, 0.3) is 9.88 Å². The number of hydrogen-bond donors (Lipinski definition) is 2. The summed E-state index contributed by atoms with van der Waals surface area (Å²) in [6.07, 6.45) is -1.37. The summed E-state index contributed by atoms with van der Waals surface area (Å²) in [5.41, 5.74) is 0.619. The van der Waals surface area contributed by atoms with E-state index in [1.54, 1.807) is 18.3 Å². The van der Waals surface area contributed by atoms with Crippen LogP contribution in [0.15, 0.2) is 17.5 Å². The minimum Gasteiger partial charge on any atom is -0.467 e. The second-order valence-electron chi connectivity index (χ2n) is 4.16. The topological polar surface area (TPSA) is 88.5 Å². The first kappa shape index (κ1) is 15.6. The van der Waals surface area contributed by atoms with Crippen LogP contribution in [0.4, 0.5) is 0 Å². The lowest BCUT2D eigenvalue weighted by molar-refractivity contribution is -0.149. The predicted molar refractivity (Wildman–Crippen MR) is 80.5 cm³/mol. The second kappa shape index (κ2) is 6.79. The Hall–Kier alpha value is -1.77. The van der Waals surface area contributed by atoms with Crippen LogP contribution in [-0.2, 0) is 9.53 Å². The summed E-state index contributed by atoms with van der Waals surface area (Å²) in [5, 5.41) is 14.7. The van der Waals surface area contributed by atoms with Gasteiger partial charge in [0.25, 0.3) is 5.91 Å². The normalized spacial score (nSPS) is 12.0. The Bertz CT molecular complexity index is 637. The number of carbonyl (C=O) groups excluding carboxylic acids is 2. The highest BCUT2D eigenvalue weighted by atomic mass is 32.1. The molecule has 6 nitrogen and oxygen atoms in total. The summed E-state index contributed by atoms with van der Waals surface area (Å²) < 4.78 is 4.38. The Morgan fingerprint density at radius 1 is 1.52 bits per heavy atom. The molecule has 2 aromatic rings. The molecule has 0 aliphatic carbocycles. The van der Waals surface area contributed by atoms with Gasteiger partial charge in [-0.15, -0.1) is 22.7 Å². The fourth-order valence-electron chi connectivity index (χ4n) is 1.60. The van der Waals surface area contributed by atoms with Crippen LogP contribution in [0.2, 0.25) is 0 Å². The molecule has 2 rings (SSSR count). The molecule has 0 radical (unpaired) electrons. The average molecular weight is 326 g/mol. The van der Waals surface area contributed by atoms with E-state index in [0.717, 1.165) is 9.88 Å². The number of thiazole rings is 1. The van der Waals surface area contributed by atoms with Crippen molar-refractivity contribution >= 4 is 34.6 Å². The van der Waals surface area contributed by atoms with Crippen molar-refractivity contribution in [1.29, 1.82) is 0 Å². The highest BCUT2D eigenvalue weighted by molar-refractivity contribution is 7.22. The summed E-state index contributed by atoms with van der Waals surface area (Å²) in [7, 11) is 1.17.